The van der Waals surface area contributed by atoms with E-state index in [2.05, 4.69) is 9.72 Å². The van der Waals surface area contributed by atoms with Gasteiger partial charge >= 0.3 is 5.97 Å². The van der Waals surface area contributed by atoms with E-state index in [0.717, 1.165) is 5.69 Å². The zero-order valence-corrected chi connectivity index (χ0v) is 11.7. The molecule has 0 atom stereocenters. The van der Waals surface area contributed by atoms with Gasteiger partial charge in [0.05, 0.1) is 19.2 Å². The number of halogens is 2. The van der Waals surface area contributed by atoms with Gasteiger partial charge in [0.2, 0.25) is 0 Å². The van der Waals surface area contributed by atoms with Gasteiger partial charge < -0.3 is 4.74 Å². The van der Waals surface area contributed by atoms with Gasteiger partial charge in [0, 0.05) is 22.4 Å². The normalized spacial score (nSPS) is 10.5. The number of aryl methyl sites for hydroxylation is 1. The Kier molecular flexibility index (Phi) is 4.50. The molecule has 0 radical (unpaired) electrons. The number of benzene rings is 1. The predicted octanol–water partition coefficient (Wildman–Crippen LogP) is 3.71. The zero-order chi connectivity index (χ0) is 13.8. The molecule has 3 nitrogen and oxygen atoms in total. The number of rotatable bonds is 4. The van der Waals surface area contributed by atoms with Crippen LogP contribution in [0, 0.1) is 5.82 Å². The van der Waals surface area contributed by atoms with E-state index >= 15 is 0 Å². The summed E-state index contributed by atoms with van der Waals surface area (Å²) >= 11 is 7.17. The molecule has 0 amide bonds. The lowest BCUT2D eigenvalue weighted by Crippen LogP contribution is -2.01. The first-order valence-electron chi connectivity index (χ1n) is 5.57. The van der Waals surface area contributed by atoms with E-state index < -0.39 is 0 Å². The van der Waals surface area contributed by atoms with Crippen molar-refractivity contribution >= 4 is 28.9 Å². The van der Waals surface area contributed by atoms with Crippen molar-refractivity contribution in [2.45, 2.75) is 12.8 Å². The summed E-state index contributed by atoms with van der Waals surface area (Å²) in [6.07, 6.45) is 0.739. The molecule has 1 aromatic heterocycles. The lowest BCUT2D eigenvalue weighted by molar-refractivity contribution is -0.140. The van der Waals surface area contributed by atoms with Crippen molar-refractivity contribution < 1.29 is 13.9 Å². The van der Waals surface area contributed by atoms with E-state index in [9.17, 15) is 9.18 Å². The fraction of sp³-hybridized carbons (Fsp3) is 0.231. The molecule has 0 saturated heterocycles. The predicted molar refractivity (Wildman–Crippen MR) is 72.9 cm³/mol. The van der Waals surface area contributed by atoms with Crippen LogP contribution in [0.2, 0.25) is 5.02 Å². The number of nitrogens with zero attached hydrogens (tertiary/aromatic N) is 1. The van der Waals surface area contributed by atoms with Gasteiger partial charge in [0.15, 0.2) is 0 Å². The molecule has 0 saturated carbocycles. The first-order chi connectivity index (χ1) is 9.10. The molecule has 2 rings (SSSR count). The maximum Gasteiger partial charge on any atom is 0.305 e. The van der Waals surface area contributed by atoms with Crippen LogP contribution in [0.15, 0.2) is 23.6 Å². The van der Waals surface area contributed by atoms with Gasteiger partial charge in [0.1, 0.15) is 10.8 Å². The maximum atomic E-state index is 13.7. The summed E-state index contributed by atoms with van der Waals surface area (Å²) in [4.78, 5) is 15.3. The molecule has 0 spiro atoms. The molecule has 2 aromatic rings. The smallest absolute Gasteiger partial charge is 0.305 e. The lowest BCUT2D eigenvalue weighted by Gasteiger charge is -1.99. The third-order valence-corrected chi connectivity index (χ3v) is 3.68. The summed E-state index contributed by atoms with van der Waals surface area (Å²) in [6, 6.07) is 4.35. The Morgan fingerprint density at radius 1 is 1.53 bits per heavy atom. The van der Waals surface area contributed by atoms with Crippen molar-refractivity contribution in [3.05, 3.63) is 40.1 Å². The van der Waals surface area contributed by atoms with E-state index in [1.54, 1.807) is 11.4 Å². The summed E-state index contributed by atoms with van der Waals surface area (Å²) in [6.45, 7) is 0. The minimum atomic E-state index is -0.363. The zero-order valence-electron chi connectivity index (χ0n) is 10.2. The minimum Gasteiger partial charge on any atom is -0.469 e. The molecule has 0 N–H and O–H groups in total. The molecule has 19 heavy (non-hydrogen) atoms. The number of esters is 1. The molecule has 0 aliphatic carbocycles. The Hall–Kier alpha value is -1.46. The second kappa shape index (κ2) is 6.12. The van der Waals surface area contributed by atoms with Crippen molar-refractivity contribution in [2.24, 2.45) is 0 Å². The van der Waals surface area contributed by atoms with Crippen molar-refractivity contribution in [1.29, 1.82) is 0 Å². The van der Waals surface area contributed by atoms with Gasteiger partial charge in [-0.05, 0) is 18.2 Å². The monoisotopic (exact) mass is 299 g/mol. The lowest BCUT2D eigenvalue weighted by atomic mass is 10.2. The summed E-state index contributed by atoms with van der Waals surface area (Å²) in [5, 5.41) is 2.82. The summed E-state index contributed by atoms with van der Waals surface area (Å²) in [5.41, 5.74) is 1.12. The highest BCUT2D eigenvalue weighted by atomic mass is 35.5. The van der Waals surface area contributed by atoms with Crippen LogP contribution in [0.5, 0.6) is 0 Å². The standard InChI is InChI=1S/C13H11ClFNO2S/c1-18-12(17)5-3-9-7-19-13(16-9)10-6-8(14)2-4-11(10)15/h2,4,6-7H,3,5H2,1H3. The van der Waals surface area contributed by atoms with Crippen molar-refractivity contribution in [3.63, 3.8) is 0 Å². The maximum absolute atomic E-state index is 13.7. The van der Waals surface area contributed by atoms with Crippen LogP contribution in [0.25, 0.3) is 10.6 Å². The molecule has 1 heterocycles. The van der Waals surface area contributed by atoms with Gasteiger partial charge in [-0.3, -0.25) is 4.79 Å². The number of carbonyl (C=O) groups is 1. The molecule has 0 bridgehead atoms. The van der Waals surface area contributed by atoms with Crippen molar-refractivity contribution in [2.75, 3.05) is 7.11 Å². The third kappa shape index (κ3) is 3.52. The fourth-order valence-corrected chi connectivity index (χ4v) is 2.58. The van der Waals surface area contributed by atoms with Gasteiger partial charge in [-0.15, -0.1) is 11.3 Å². The first kappa shape index (κ1) is 14.0. The largest absolute Gasteiger partial charge is 0.469 e. The van der Waals surface area contributed by atoms with E-state index in [0.29, 0.717) is 22.0 Å². The van der Waals surface area contributed by atoms with Gasteiger partial charge in [-0.25, -0.2) is 9.37 Å². The van der Waals surface area contributed by atoms with E-state index in [1.807, 2.05) is 0 Å². The quantitative estimate of drug-likeness (QED) is 0.808. The summed E-state index contributed by atoms with van der Waals surface area (Å²) in [7, 11) is 1.34. The van der Waals surface area contributed by atoms with Gasteiger partial charge in [-0.1, -0.05) is 11.6 Å². The molecule has 0 fully saturated rings. The number of carbonyl (C=O) groups excluding carboxylic acids is 1. The Balaban J connectivity index is 2.16. The first-order valence-corrected chi connectivity index (χ1v) is 6.82. The van der Waals surface area contributed by atoms with Crippen molar-refractivity contribution in [1.82, 2.24) is 4.98 Å². The van der Waals surface area contributed by atoms with Crippen LogP contribution in [0.4, 0.5) is 4.39 Å². The molecule has 6 heteroatoms. The highest BCUT2D eigenvalue weighted by molar-refractivity contribution is 7.13. The SMILES string of the molecule is COC(=O)CCc1csc(-c2cc(Cl)ccc2F)n1. The molecule has 0 unspecified atom stereocenters. The van der Waals surface area contributed by atoms with E-state index in [1.165, 1.54) is 30.6 Å². The number of thiazole rings is 1. The average Bonchev–Trinajstić information content (AvgIpc) is 2.87. The Bertz CT molecular complexity index is 600. The topological polar surface area (TPSA) is 39.2 Å². The van der Waals surface area contributed by atoms with Crippen molar-refractivity contribution in [3.8, 4) is 10.6 Å². The van der Waals surface area contributed by atoms with Crippen LogP contribution in [0.1, 0.15) is 12.1 Å². The molecule has 0 aliphatic heterocycles. The van der Waals surface area contributed by atoms with Crippen LogP contribution < -0.4 is 0 Å². The summed E-state index contributed by atoms with van der Waals surface area (Å²) in [5.74, 6) is -0.651. The molecular formula is C13H11ClFNO2S. The Morgan fingerprint density at radius 2 is 2.32 bits per heavy atom. The molecule has 100 valence electrons. The van der Waals surface area contributed by atoms with Crippen LogP contribution >= 0.6 is 22.9 Å². The Labute approximate surface area is 119 Å². The average molecular weight is 300 g/mol. The highest BCUT2D eigenvalue weighted by Crippen LogP contribution is 2.29. The number of ether oxygens (including phenoxy) is 1. The van der Waals surface area contributed by atoms with Crippen LogP contribution in [-0.4, -0.2) is 18.1 Å². The summed E-state index contributed by atoms with van der Waals surface area (Å²) < 4.78 is 18.2. The fourth-order valence-electron chi connectivity index (χ4n) is 1.54. The number of aromatic nitrogens is 1. The van der Waals surface area contributed by atoms with Crippen LogP contribution in [0.3, 0.4) is 0 Å². The Morgan fingerprint density at radius 3 is 3.05 bits per heavy atom. The molecule has 1 aromatic carbocycles. The second-order valence-corrected chi connectivity index (χ2v) is 5.14. The third-order valence-electron chi connectivity index (χ3n) is 2.52. The number of methoxy groups -OCH3 is 1. The minimum absolute atomic E-state index is 0.262. The van der Waals surface area contributed by atoms with Gasteiger partial charge in [-0.2, -0.15) is 0 Å². The van der Waals surface area contributed by atoms with Gasteiger partial charge in [0.25, 0.3) is 0 Å². The van der Waals surface area contributed by atoms with Crippen LogP contribution in [-0.2, 0) is 16.0 Å². The van der Waals surface area contributed by atoms with E-state index in [-0.39, 0.29) is 18.2 Å². The molecular weight excluding hydrogens is 289 g/mol. The highest BCUT2D eigenvalue weighted by Gasteiger charge is 2.11. The number of hydrogen-bond donors (Lipinski definition) is 0. The van der Waals surface area contributed by atoms with E-state index in [4.69, 9.17) is 11.6 Å². The number of hydrogen-bond acceptors (Lipinski definition) is 4. The second-order valence-electron chi connectivity index (χ2n) is 3.84. The molecule has 0 aliphatic rings.